The van der Waals surface area contributed by atoms with Crippen molar-refractivity contribution < 1.29 is 33.3 Å². The number of esters is 2. The van der Waals surface area contributed by atoms with E-state index in [1.54, 1.807) is 12.1 Å². The van der Waals surface area contributed by atoms with Crippen molar-refractivity contribution in [1.29, 1.82) is 0 Å². The fraction of sp³-hybridized carbons (Fsp3) is 0.421. The molecule has 1 saturated heterocycles. The average molecular weight is 373 g/mol. The van der Waals surface area contributed by atoms with E-state index in [2.05, 4.69) is 5.32 Å². The summed E-state index contributed by atoms with van der Waals surface area (Å²) in [6, 6.07) is 5.07. The van der Waals surface area contributed by atoms with E-state index in [0.717, 1.165) is 11.1 Å². The Labute approximate surface area is 155 Å². The quantitative estimate of drug-likeness (QED) is 0.627. The molecule has 0 bridgehead atoms. The van der Waals surface area contributed by atoms with Crippen LogP contribution in [0.5, 0.6) is 11.5 Å². The monoisotopic (exact) mass is 373 g/mol. The van der Waals surface area contributed by atoms with Gasteiger partial charge >= 0.3 is 11.9 Å². The first-order valence-corrected chi connectivity index (χ1v) is 8.66. The van der Waals surface area contributed by atoms with E-state index in [4.69, 9.17) is 18.9 Å². The number of ether oxygens (including phenoxy) is 4. The molecule has 2 aliphatic heterocycles. The molecule has 142 valence electrons. The molecule has 0 unspecified atom stereocenters. The maximum Gasteiger partial charge on any atom is 0.303 e. The Kier molecular flexibility index (Phi) is 4.25. The van der Waals surface area contributed by atoms with Crippen LogP contribution in [0.25, 0.3) is 0 Å². The molecule has 1 N–H and O–H groups in total. The maximum atomic E-state index is 12.0. The van der Waals surface area contributed by atoms with Gasteiger partial charge in [-0.1, -0.05) is 6.07 Å². The first-order valence-electron chi connectivity index (χ1n) is 8.66. The molecule has 1 fully saturated rings. The Bertz CT molecular complexity index is 846. The van der Waals surface area contributed by atoms with Gasteiger partial charge in [0.15, 0.2) is 23.7 Å². The van der Waals surface area contributed by atoms with Crippen LogP contribution in [0.15, 0.2) is 29.8 Å². The zero-order valence-corrected chi connectivity index (χ0v) is 14.9. The molecule has 4 rings (SSSR count). The van der Waals surface area contributed by atoms with Gasteiger partial charge in [-0.05, 0) is 29.3 Å². The summed E-state index contributed by atoms with van der Waals surface area (Å²) in [4.78, 5) is 35.4. The molecule has 8 nitrogen and oxygen atoms in total. The number of hydrogen-bond acceptors (Lipinski definition) is 7. The van der Waals surface area contributed by atoms with Crippen LogP contribution in [-0.4, -0.2) is 42.9 Å². The van der Waals surface area contributed by atoms with Crippen molar-refractivity contribution in [1.82, 2.24) is 5.32 Å². The van der Waals surface area contributed by atoms with Crippen molar-refractivity contribution in [3.05, 3.63) is 35.4 Å². The number of hydrogen-bond donors (Lipinski definition) is 1. The lowest BCUT2D eigenvalue weighted by Crippen LogP contribution is -2.49. The highest BCUT2D eigenvalue weighted by atomic mass is 16.7. The van der Waals surface area contributed by atoms with Gasteiger partial charge < -0.3 is 24.3 Å². The third-order valence-electron chi connectivity index (χ3n) is 4.88. The Balaban J connectivity index is 1.78. The summed E-state index contributed by atoms with van der Waals surface area (Å²) >= 11 is 0. The molecule has 1 aliphatic carbocycles. The minimum absolute atomic E-state index is 0.123. The largest absolute Gasteiger partial charge is 0.457 e. The van der Waals surface area contributed by atoms with Crippen molar-refractivity contribution in [2.45, 2.75) is 44.4 Å². The fourth-order valence-electron chi connectivity index (χ4n) is 3.92. The van der Waals surface area contributed by atoms with Gasteiger partial charge in [0.05, 0.1) is 6.04 Å². The summed E-state index contributed by atoms with van der Waals surface area (Å²) in [6.07, 6.45) is 0.372. The van der Waals surface area contributed by atoms with Crippen molar-refractivity contribution in [2.24, 2.45) is 0 Å². The van der Waals surface area contributed by atoms with Gasteiger partial charge in [0.1, 0.15) is 0 Å². The van der Waals surface area contributed by atoms with E-state index < -0.39 is 30.1 Å². The lowest BCUT2D eigenvalue weighted by Gasteiger charge is -2.39. The van der Waals surface area contributed by atoms with Gasteiger partial charge in [-0.25, -0.2) is 0 Å². The first kappa shape index (κ1) is 17.4. The van der Waals surface area contributed by atoms with Gasteiger partial charge in [-0.2, -0.15) is 0 Å². The van der Waals surface area contributed by atoms with Gasteiger partial charge in [-0.3, -0.25) is 14.4 Å². The molecule has 27 heavy (non-hydrogen) atoms. The van der Waals surface area contributed by atoms with Crippen molar-refractivity contribution in [3.63, 3.8) is 0 Å². The van der Waals surface area contributed by atoms with Crippen LogP contribution in [0.3, 0.4) is 0 Å². The molecule has 0 saturated carbocycles. The fourth-order valence-corrected chi connectivity index (χ4v) is 3.92. The zero-order valence-electron chi connectivity index (χ0n) is 14.9. The predicted molar refractivity (Wildman–Crippen MR) is 91.0 cm³/mol. The van der Waals surface area contributed by atoms with E-state index in [1.165, 1.54) is 13.8 Å². The number of fused-ring (bicyclic) bond motifs is 2. The Morgan fingerprint density at radius 1 is 1.11 bits per heavy atom. The number of amides is 1. The summed E-state index contributed by atoms with van der Waals surface area (Å²) in [5.41, 5.74) is 1.61. The molecule has 3 aliphatic rings. The van der Waals surface area contributed by atoms with Crippen LogP contribution < -0.4 is 14.8 Å². The molecule has 8 heteroatoms. The third-order valence-corrected chi connectivity index (χ3v) is 4.88. The van der Waals surface area contributed by atoms with E-state index in [9.17, 15) is 14.4 Å². The molecule has 0 radical (unpaired) electrons. The summed E-state index contributed by atoms with van der Waals surface area (Å²) in [7, 11) is 0. The second-order valence-electron chi connectivity index (χ2n) is 6.75. The number of nitrogens with one attached hydrogen (secondary N) is 1. The Morgan fingerprint density at radius 2 is 1.85 bits per heavy atom. The Morgan fingerprint density at radius 3 is 2.59 bits per heavy atom. The standard InChI is InChI=1S/C19H19NO7/c1-9(21)26-15-6-12-7-16(23)20-18(12)17(19(15)27-10(2)22)11-3-4-13-14(5-11)25-8-24-13/h3-6,15,17-19H,7-8H2,1-2H3,(H,20,23)/t15-,17-,18+,19+/m0/s1. The minimum Gasteiger partial charge on any atom is -0.457 e. The van der Waals surface area contributed by atoms with E-state index in [0.29, 0.717) is 11.5 Å². The van der Waals surface area contributed by atoms with Crippen LogP contribution in [0.1, 0.15) is 31.7 Å². The van der Waals surface area contributed by atoms with Crippen molar-refractivity contribution >= 4 is 17.8 Å². The third kappa shape index (κ3) is 3.22. The zero-order chi connectivity index (χ0) is 19.1. The lowest BCUT2D eigenvalue weighted by atomic mass is 9.76. The maximum absolute atomic E-state index is 12.0. The average Bonchev–Trinajstić information content (AvgIpc) is 3.19. The summed E-state index contributed by atoms with van der Waals surface area (Å²) in [5, 5.41) is 2.94. The first-order chi connectivity index (χ1) is 12.9. The molecule has 1 aromatic carbocycles. The Hall–Kier alpha value is -3.03. The minimum atomic E-state index is -0.779. The van der Waals surface area contributed by atoms with E-state index in [-0.39, 0.29) is 25.2 Å². The van der Waals surface area contributed by atoms with Crippen LogP contribution in [0.4, 0.5) is 0 Å². The van der Waals surface area contributed by atoms with Crippen LogP contribution in [-0.2, 0) is 23.9 Å². The number of carbonyl (C=O) groups excluding carboxylic acids is 3. The molecular weight excluding hydrogens is 354 g/mol. The van der Waals surface area contributed by atoms with Gasteiger partial charge in [0.25, 0.3) is 0 Å². The van der Waals surface area contributed by atoms with E-state index in [1.807, 2.05) is 12.1 Å². The van der Waals surface area contributed by atoms with Crippen LogP contribution >= 0.6 is 0 Å². The smallest absolute Gasteiger partial charge is 0.303 e. The summed E-state index contributed by atoms with van der Waals surface area (Å²) in [5.74, 6) is -0.334. The number of carbonyl (C=O) groups is 3. The highest BCUT2D eigenvalue weighted by molar-refractivity contribution is 5.84. The van der Waals surface area contributed by atoms with Crippen LogP contribution in [0, 0.1) is 0 Å². The van der Waals surface area contributed by atoms with Crippen LogP contribution in [0.2, 0.25) is 0 Å². The van der Waals surface area contributed by atoms with Gasteiger partial charge in [0, 0.05) is 26.2 Å². The summed E-state index contributed by atoms with van der Waals surface area (Å²) < 4.78 is 21.8. The number of benzene rings is 1. The predicted octanol–water partition coefficient (Wildman–Crippen LogP) is 1.19. The molecule has 1 aromatic rings. The SMILES string of the molecule is CC(=O)O[C@H]1[C@@H](c2ccc3c(c2)OCO3)[C@@H]2NC(=O)CC2=C[C@@H]1OC(C)=O. The van der Waals surface area contributed by atoms with Gasteiger partial charge in [0.2, 0.25) is 12.7 Å². The molecule has 1 amide bonds. The normalized spacial score (nSPS) is 28.1. The lowest BCUT2D eigenvalue weighted by molar-refractivity contribution is -0.164. The highest BCUT2D eigenvalue weighted by Crippen LogP contribution is 2.43. The van der Waals surface area contributed by atoms with Crippen molar-refractivity contribution in [2.75, 3.05) is 6.79 Å². The number of rotatable bonds is 3. The second-order valence-corrected chi connectivity index (χ2v) is 6.75. The second kappa shape index (κ2) is 6.61. The molecular formula is C19H19NO7. The molecule has 2 heterocycles. The van der Waals surface area contributed by atoms with Crippen molar-refractivity contribution in [3.8, 4) is 11.5 Å². The van der Waals surface area contributed by atoms with Gasteiger partial charge in [-0.15, -0.1) is 0 Å². The molecule has 0 aromatic heterocycles. The van der Waals surface area contributed by atoms with E-state index >= 15 is 0 Å². The highest BCUT2D eigenvalue weighted by Gasteiger charge is 2.48. The topological polar surface area (TPSA) is 100 Å². The molecule has 4 atom stereocenters. The molecule has 0 spiro atoms. The summed E-state index contributed by atoms with van der Waals surface area (Å²) in [6.45, 7) is 2.73.